The summed E-state index contributed by atoms with van der Waals surface area (Å²) >= 11 is 0. The molecule has 0 aliphatic carbocycles. The van der Waals surface area contributed by atoms with Crippen LogP contribution in [0.15, 0.2) is 41.3 Å². The molecule has 0 saturated carbocycles. The van der Waals surface area contributed by atoms with Gasteiger partial charge in [-0.1, -0.05) is 0 Å². The van der Waals surface area contributed by atoms with Crippen LogP contribution in [0, 0.1) is 13.8 Å². The molecule has 3 rings (SSSR count). The Labute approximate surface area is 140 Å². The highest BCUT2D eigenvalue weighted by Gasteiger charge is 2.10. The van der Waals surface area contributed by atoms with Gasteiger partial charge in [0.1, 0.15) is 17.0 Å². The van der Waals surface area contributed by atoms with Gasteiger partial charge >= 0.3 is 0 Å². The summed E-state index contributed by atoms with van der Waals surface area (Å²) in [5.41, 5.74) is 3.25. The fourth-order valence-electron chi connectivity index (χ4n) is 2.69. The van der Waals surface area contributed by atoms with E-state index in [1.54, 1.807) is 25.0 Å². The second kappa shape index (κ2) is 6.35. The van der Waals surface area contributed by atoms with Crippen LogP contribution in [0.4, 0.5) is 0 Å². The molecule has 5 heteroatoms. The minimum Gasteiger partial charge on any atom is -0.497 e. The van der Waals surface area contributed by atoms with Crippen molar-refractivity contribution < 1.29 is 9.47 Å². The average molecular weight is 324 g/mol. The van der Waals surface area contributed by atoms with Crippen molar-refractivity contribution in [1.29, 1.82) is 0 Å². The van der Waals surface area contributed by atoms with Gasteiger partial charge in [-0.05, 0) is 43.7 Å². The number of aromatic nitrogens is 2. The summed E-state index contributed by atoms with van der Waals surface area (Å²) < 4.78 is 12.3. The summed E-state index contributed by atoms with van der Waals surface area (Å²) in [6, 6.07) is 9.49. The monoisotopic (exact) mass is 324 g/mol. The molecule has 0 spiro atoms. The fraction of sp³-hybridized carbons (Fsp3) is 0.263. The number of benzene rings is 1. The van der Waals surface area contributed by atoms with E-state index in [9.17, 15) is 4.79 Å². The zero-order chi connectivity index (χ0) is 17.3. The Morgan fingerprint density at radius 2 is 1.88 bits per heavy atom. The molecule has 0 N–H and O–H groups in total. The van der Waals surface area contributed by atoms with Crippen LogP contribution in [-0.2, 0) is 6.54 Å². The highest BCUT2D eigenvalue weighted by Crippen LogP contribution is 2.25. The number of pyridine rings is 2. The summed E-state index contributed by atoms with van der Waals surface area (Å²) in [6.45, 7) is 4.32. The number of nitrogens with zero attached hydrogens (tertiary/aromatic N) is 2. The highest BCUT2D eigenvalue weighted by atomic mass is 16.5. The third kappa shape index (κ3) is 2.85. The summed E-state index contributed by atoms with van der Waals surface area (Å²) in [5.74, 6) is 1.41. The maximum absolute atomic E-state index is 12.8. The predicted molar refractivity (Wildman–Crippen MR) is 94.1 cm³/mol. The summed E-state index contributed by atoms with van der Waals surface area (Å²) in [4.78, 5) is 17.2. The maximum atomic E-state index is 12.8. The minimum absolute atomic E-state index is 0.103. The van der Waals surface area contributed by atoms with Gasteiger partial charge in [-0.2, -0.15) is 0 Å². The summed E-state index contributed by atoms with van der Waals surface area (Å²) in [5, 5.41) is 0.862. The summed E-state index contributed by atoms with van der Waals surface area (Å²) in [7, 11) is 3.22. The van der Waals surface area contributed by atoms with Gasteiger partial charge in [-0.3, -0.25) is 4.79 Å². The topological polar surface area (TPSA) is 53.4 Å². The lowest BCUT2D eigenvalue weighted by Gasteiger charge is -2.12. The number of fused-ring (bicyclic) bond motifs is 1. The second-order valence-corrected chi connectivity index (χ2v) is 5.76. The Morgan fingerprint density at radius 3 is 2.58 bits per heavy atom. The molecule has 24 heavy (non-hydrogen) atoms. The van der Waals surface area contributed by atoms with Gasteiger partial charge in [0.25, 0.3) is 5.56 Å². The van der Waals surface area contributed by atoms with Crippen molar-refractivity contribution in [2.75, 3.05) is 14.2 Å². The molecule has 0 bridgehead atoms. The Kier molecular flexibility index (Phi) is 4.25. The Bertz CT molecular complexity index is 961. The van der Waals surface area contributed by atoms with E-state index in [1.807, 2.05) is 44.2 Å². The van der Waals surface area contributed by atoms with Gasteiger partial charge in [0.15, 0.2) is 0 Å². The van der Waals surface area contributed by atoms with E-state index in [4.69, 9.17) is 9.47 Å². The van der Waals surface area contributed by atoms with Crippen LogP contribution in [-0.4, -0.2) is 23.8 Å². The zero-order valence-electron chi connectivity index (χ0n) is 14.3. The maximum Gasteiger partial charge on any atom is 0.277 e. The molecule has 0 atom stereocenters. The molecule has 0 unspecified atom stereocenters. The standard InChI is InChI=1S/C19H20N2O3/c1-12-9-14-7-8-21(19(22)18(14)20-13(12)2)11-15-5-6-16(23-3)10-17(15)24-4/h5-10H,11H2,1-4H3. The molecule has 5 nitrogen and oxygen atoms in total. The van der Waals surface area contributed by atoms with Crippen molar-refractivity contribution in [2.24, 2.45) is 0 Å². The van der Waals surface area contributed by atoms with Crippen LogP contribution in [0.5, 0.6) is 11.5 Å². The molecule has 124 valence electrons. The van der Waals surface area contributed by atoms with Crippen LogP contribution in [0.3, 0.4) is 0 Å². The lowest BCUT2D eigenvalue weighted by Crippen LogP contribution is -2.21. The van der Waals surface area contributed by atoms with E-state index < -0.39 is 0 Å². The summed E-state index contributed by atoms with van der Waals surface area (Å²) in [6.07, 6.45) is 1.80. The van der Waals surface area contributed by atoms with E-state index >= 15 is 0 Å². The van der Waals surface area contributed by atoms with Crippen LogP contribution >= 0.6 is 0 Å². The molecule has 2 heterocycles. The molecule has 1 aromatic carbocycles. The third-order valence-corrected chi connectivity index (χ3v) is 4.23. The number of methoxy groups -OCH3 is 2. The van der Waals surface area contributed by atoms with Crippen molar-refractivity contribution >= 4 is 10.9 Å². The normalized spacial score (nSPS) is 10.8. The van der Waals surface area contributed by atoms with E-state index in [0.717, 1.165) is 22.2 Å². The SMILES string of the molecule is COc1ccc(Cn2ccc3cc(C)c(C)nc3c2=O)c(OC)c1. The highest BCUT2D eigenvalue weighted by molar-refractivity contribution is 5.78. The van der Waals surface area contributed by atoms with Crippen LogP contribution in [0.25, 0.3) is 10.9 Å². The first-order valence-electron chi connectivity index (χ1n) is 7.72. The smallest absolute Gasteiger partial charge is 0.277 e. The Hall–Kier alpha value is -2.82. The van der Waals surface area contributed by atoms with Crippen molar-refractivity contribution in [2.45, 2.75) is 20.4 Å². The molecule has 0 amide bonds. The first kappa shape index (κ1) is 16.1. The molecule has 0 saturated heterocycles. The Balaban J connectivity index is 2.06. The largest absolute Gasteiger partial charge is 0.497 e. The fourth-order valence-corrected chi connectivity index (χ4v) is 2.69. The molecule has 0 radical (unpaired) electrons. The number of hydrogen-bond donors (Lipinski definition) is 0. The van der Waals surface area contributed by atoms with E-state index in [2.05, 4.69) is 4.98 Å². The minimum atomic E-state index is -0.103. The number of aryl methyl sites for hydroxylation is 2. The second-order valence-electron chi connectivity index (χ2n) is 5.76. The predicted octanol–water partition coefficient (Wildman–Crippen LogP) is 3.08. The van der Waals surface area contributed by atoms with Gasteiger partial charge in [-0.15, -0.1) is 0 Å². The van der Waals surface area contributed by atoms with Crippen molar-refractivity contribution in [3.05, 3.63) is 63.7 Å². The number of hydrogen-bond acceptors (Lipinski definition) is 4. The molecule has 0 fully saturated rings. The van der Waals surface area contributed by atoms with Gasteiger partial charge in [0, 0.05) is 28.9 Å². The Morgan fingerprint density at radius 1 is 1.08 bits per heavy atom. The number of ether oxygens (including phenoxy) is 2. The van der Waals surface area contributed by atoms with Crippen LogP contribution in [0.1, 0.15) is 16.8 Å². The lowest BCUT2D eigenvalue weighted by atomic mass is 10.1. The van der Waals surface area contributed by atoms with Crippen LogP contribution in [0.2, 0.25) is 0 Å². The van der Waals surface area contributed by atoms with Crippen molar-refractivity contribution in [3.63, 3.8) is 0 Å². The average Bonchev–Trinajstić information content (AvgIpc) is 2.59. The zero-order valence-corrected chi connectivity index (χ0v) is 14.3. The van der Waals surface area contributed by atoms with E-state index in [1.165, 1.54) is 0 Å². The van der Waals surface area contributed by atoms with E-state index in [-0.39, 0.29) is 5.56 Å². The molecule has 2 aromatic heterocycles. The number of rotatable bonds is 4. The van der Waals surface area contributed by atoms with Gasteiger partial charge in [-0.25, -0.2) is 4.98 Å². The molecule has 3 aromatic rings. The van der Waals surface area contributed by atoms with Crippen LogP contribution < -0.4 is 15.0 Å². The molecule has 0 aliphatic rings. The first-order valence-corrected chi connectivity index (χ1v) is 7.72. The van der Waals surface area contributed by atoms with Gasteiger partial charge < -0.3 is 14.0 Å². The molecular formula is C19H20N2O3. The van der Waals surface area contributed by atoms with Crippen molar-refractivity contribution in [1.82, 2.24) is 9.55 Å². The van der Waals surface area contributed by atoms with Gasteiger partial charge in [0.05, 0.1) is 20.8 Å². The first-order chi connectivity index (χ1) is 11.5. The van der Waals surface area contributed by atoms with Crippen molar-refractivity contribution in [3.8, 4) is 11.5 Å². The lowest BCUT2D eigenvalue weighted by molar-refractivity contribution is 0.390. The van der Waals surface area contributed by atoms with Gasteiger partial charge in [0.2, 0.25) is 0 Å². The quantitative estimate of drug-likeness (QED) is 0.740. The van der Waals surface area contributed by atoms with E-state index in [0.29, 0.717) is 23.6 Å². The molecular weight excluding hydrogens is 304 g/mol. The third-order valence-electron chi connectivity index (χ3n) is 4.23. The molecule has 0 aliphatic heterocycles.